The monoisotopic (exact) mass is 238 g/mol. The number of carbonyl (C=O) groups is 1. The first-order valence-electron chi connectivity index (χ1n) is 4.89. The number of nitrogens with two attached hydrogens (primary N) is 1. The van der Waals surface area contributed by atoms with Gasteiger partial charge >= 0.3 is 0 Å². The van der Waals surface area contributed by atoms with Crippen molar-refractivity contribution in [3.8, 4) is 0 Å². The van der Waals surface area contributed by atoms with Gasteiger partial charge in [-0.05, 0) is 12.0 Å². The molecule has 0 bridgehead atoms. The topological polar surface area (TPSA) is 80.9 Å². The van der Waals surface area contributed by atoms with Gasteiger partial charge in [-0.3, -0.25) is 10.1 Å². The predicted octanol–water partition coefficient (Wildman–Crippen LogP) is 0.973. The summed E-state index contributed by atoms with van der Waals surface area (Å²) in [6.07, 6.45) is 3.10. The maximum atomic E-state index is 11.8. The average molecular weight is 238 g/mol. The van der Waals surface area contributed by atoms with Crippen LogP contribution in [0.3, 0.4) is 0 Å². The van der Waals surface area contributed by atoms with E-state index in [9.17, 15) is 4.79 Å². The molecule has 0 fully saturated rings. The molecule has 1 heterocycles. The van der Waals surface area contributed by atoms with Crippen molar-refractivity contribution in [1.29, 1.82) is 0 Å². The minimum Gasteiger partial charge on any atom is -0.393 e. The molecule has 1 rings (SSSR count). The summed E-state index contributed by atoms with van der Waals surface area (Å²) in [5.41, 5.74) is 5.52. The number of hydrogen-bond acceptors (Lipinski definition) is 4. The van der Waals surface area contributed by atoms with Crippen molar-refractivity contribution in [3.05, 3.63) is 18.5 Å². The molecule has 0 aromatic carbocycles. The second-order valence-electron chi connectivity index (χ2n) is 3.69. The van der Waals surface area contributed by atoms with Crippen LogP contribution in [0.1, 0.15) is 13.8 Å². The summed E-state index contributed by atoms with van der Waals surface area (Å²) < 4.78 is 0. The van der Waals surface area contributed by atoms with Crippen molar-refractivity contribution in [3.63, 3.8) is 0 Å². The van der Waals surface area contributed by atoms with Gasteiger partial charge in [0.2, 0.25) is 11.9 Å². The quantitative estimate of drug-likeness (QED) is 0.764. The first-order chi connectivity index (χ1) is 7.52. The van der Waals surface area contributed by atoms with E-state index in [1.165, 1.54) is 0 Å². The zero-order chi connectivity index (χ0) is 12.1. The molecule has 0 aliphatic rings. The predicted molar refractivity (Wildman–Crippen MR) is 65.8 cm³/mol. The van der Waals surface area contributed by atoms with Gasteiger partial charge in [0.1, 0.15) is 0 Å². The van der Waals surface area contributed by atoms with Crippen LogP contribution in [0.4, 0.5) is 5.95 Å². The highest BCUT2D eigenvalue weighted by Gasteiger charge is 2.25. The van der Waals surface area contributed by atoms with Gasteiger partial charge in [-0.25, -0.2) is 9.97 Å². The number of thiocarbonyl (C=S) groups is 1. The van der Waals surface area contributed by atoms with E-state index in [0.717, 1.165) is 0 Å². The van der Waals surface area contributed by atoms with Crippen LogP contribution in [0.15, 0.2) is 18.5 Å². The van der Waals surface area contributed by atoms with Gasteiger partial charge in [0.25, 0.3) is 0 Å². The Balaban J connectivity index is 2.74. The maximum Gasteiger partial charge on any atom is 0.236 e. The number of carbonyl (C=O) groups excluding carboxylic acids is 1. The lowest BCUT2D eigenvalue weighted by Gasteiger charge is -2.17. The average Bonchev–Trinajstić information content (AvgIpc) is 2.17. The Morgan fingerprint density at radius 1 is 1.44 bits per heavy atom. The van der Waals surface area contributed by atoms with E-state index in [1.807, 2.05) is 13.8 Å². The number of rotatable bonds is 4. The third kappa shape index (κ3) is 3.23. The van der Waals surface area contributed by atoms with Crippen molar-refractivity contribution >= 4 is 29.1 Å². The lowest BCUT2D eigenvalue weighted by Crippen LogP contribution is -2.37. The van der Waals surface area contributed by atoms with Crippen molar-refractivity contribution < 1.29 is 4.79 Å². The zero-order valence-electron chi connectivity index (χ0n) is 9.18. The van der Waals surface area contributed by atoms with E-state index >= 15 is 0 Å². The second kappa shape index (κ2) is 5.50. The Morgan fingerprint density at radius 2 is 2.00 bits per heavy atom. The molecular formula is C10H14N4OS. The van der Waals surface area contributed by atoms with E-state index in [2.05, 4.69) is 15.3 Å². The number of nitrogens with zero attached hydrogens (tertiary/aromatic N) is 2. The number of hydrogen-bond donors (Lipinski definition) is 2. The third-order valence-electron chi connectivity index (χ3n) is 2.06. The van der Waals surface area contributed by atoms with Gasteiger partial charge < -0.3 is 5.73 Å². The Bertz CT molecular complexity index is 380. The molecule has 86 valence electrons. The van der Waals surface area contributed by atoms with Crippen LogP contribution < -0.4 is 11.1 Å². The molecule has 0 spiro atoms. The number of nitrogens with one attached hydrogen (secondary N) is 1. The third-order valence-corrected chi connectivity index (χ3v) is 2.31. The number of anilines is 1. The lowest BCUT2D eigenvalue weighted by atomic mass is 9.95. The largest absolute Gasteiger partial charge is 0.393 e. The Morgan fingerprint density at radius 3 is 2.44 bits per heavy atom. The normalized spacial score (nSPS) is 12.2. The molecular weight excluding hydrogens is 224 g/mol. The lowest BCUT2D eigenvalue weighted by molar-refractivity contribution is -0.118. The fourth-order valence-electron chi connectivity index (χ4n) is 1.31. The van der Waals surface area contributed by atoms with E-state index < -0.39 is 5.92 Å². The molecule has 1 atom stereocenters. The molecule has 1 amide bonds. The molecule has 1 aromatic heterocycles. The molecule has 1 aromatic rings. The van der Waals surface area contributed by atoms with Crippen LogP contribution in [-0.4, -0.2) is 20.9 Å². The van der Waals surface area contributed by atoms with Crippen LogP contribution in [-0.2, 0) is 4.79 Å². The fraction of sp³-hybridized carbons (Fsp3) is 0.400. The molecule has 0 aliphatic heterocycles. The second-order valence-corrected chi connectivity index (χ2v) is 4.16. The molecule has 0 saturated carbocycles. The molecule has 1 unspecified atom stereocenters. The highest BCUT2D eigenvalue weighted by atomic mass is 32.1. The highest BCUT2D eigenvalue weighted by Crippen LogP contribution is 2.13. The summed E-state index contributed by atoms with van der Waals surface area (Å²) in [5, 5.41) is 2.58. The SMILES string of the molecule is CC(C)C(C(=O)Nc1ncccn1)C(N)=S. The molecule has 0 saturated heterocycles. The Labute approximate surface area is 99.5 Å². The summed E-state index contributed by atoms with van der Waals surface area (Å²) in [4.78, 5) is 19.8. The molecule has 5 nitrogen and oxygen atoms in total. The van der Waals surface area contributed by atoms with E-state index in [4.69, 9.17) is 18.0 Å². The highest BCUT2D eigenvalue weighted by molar-refractivity contribution is 7.80. The van der Waals surface area contributed by atoms with Gasteiger partial charge in [-0.2, -0.15) is 0 Å². The van der Waals surface area contributed by atoms with Crippen molar-refractivity contribution in [2.45, 2.75) is 13.8 Å². The molecule has 16 heavy (non-hydrogen) atoms. The van der Waals surface area contributed by atoms with Gasteiger partial charge in [0.15, 0.2) is 0 Å². The van der Waals surface area contributed by atoms with Crippen LogP contribution in [0, 0.1) is 11.8 Å². The van der Waals surface area contributed by atoms with Crippen LogP contribution in [0.5, 0.6) is 0 Å². The number of aromatic nitrogens is 2. The van der Waals surface area contributed by atoms with Crippen molar-refractivity contribution in [2.24, 2.45) is 17.6 Å². The first kappa shape index (κ1) is 12.5. The standard InChI is InChI=1S/C10H14N4OS/c1-6(2)7(8(11)16)9(15)14-10-12-4-3-5-13-10/h3-7H,1-2H3,(H2,11,16)(H,12,13,14,15). The van der Waals surface area contributed by atoms with E-state index in [0.29, 0.717) is 0 Å². The summed E-state index contributed by atoms with van der Waals surface area (Å²) in [7, 11) is 0. The van der Waals surface area contributed by atoms with Crippen molar-refractivity contribution in [1.82, 2.24) is 9.97 Å². The van der Waals surface area contributed by atoms with E-state index in [1.54, 1.807) is 18.5 Å². The smallest absolute Gasteiger partial charge is 0.236 e. The van der Waals surface area contributed by atoms with Gasteiger partial charge in [0.05, 0.1) is 10.9 Å². The molecule has 3 N–H and O–H groups in total. The summed E-state index contributed by atoms with van der Waals surface area (Å²) in [5.74, 6) is -0.469. The van der Waals surface area contributed by atoms with Crippen LogP contribution in [0.25, 0.3) is 0 Å². The van der Waals surface area contributed by atoms with Gasteiger partial charge in [0, 0.05) is 12.4 Å². The first-order valence-corrected chi connectivity index (χ1v) is 5.30. The van der Waals surface area contributed by atoms with Crippen LogP contribution >= 0.6 is 12.2 Å². The molecule has 0 aliphatic carbocycles. The molecule has 0 radical (unpaired) electrons. The van der Waals surface area contributed by atoms with Crippen molar-refractivity contribution in [2.75, 3.05) is 5.32 Å². The Hall–Kier alpha value is -1.56. The maximum absolute atomic E-state index is 11.8. The van der Waals surface area contributed by atoms with Crippen LogP contribution in [0.2, 0.25) is 0 Å². The minimum atomic E-state index is -0.501. The summed E-state index contributed by atoms with van der Waals surface area (Å²) in [6.45, 7) is 3.77. The number of amides is 1. The van der Waals surface area contributed by atoms with E-state index in [-0.39, 0.29) is 22.8 Å². The Kier molecular flexibility index (Phi) is 4.30. The zero-order valence-corrected chi connectivity index (χ0v) is 9.99. The van der Waals surface area contributed by atoms with Gasteiger partial charge in [-0.1, -0.05) is 26.1 Å². The fourth-order valence-corrected chi connectivity index (χ4v) is 1.69. The molecule has 6 heteroatoms. The summed E-state index contributed by atoms with van der Waals surface area (Å²) >= 11 is 4.86. The van der Waals surface area contributed by atoms with Gasteiger partial charge in [-0.15, -0.1) is 0 Å². The minimum absolute atomic E-state index is 0.0428. The summed E-state index contributed by atoms with van der Waals surface area (Å²) in [6, 6.07) is 1.67.